The lowest BCUT2D eigenvalue weighted by Crippen LogP contribution is -2.30. The quantitative estimate of drug-likeness (QED) is 0.669. The Morgan fingerprint density at radius 2 is 1.17 bits per heavy atom. The van der Waals surface area contributed by atoms with Crippen LogP contribution in [0.15, 0.2) is 84.9 Å². The Hall–Kier alpha value is -2.94. The van der Waals surface area contributed by atoms with E-state index in [1.165, 1.54) is 24.3 Å². The van der Waals surface area contributed by atoms with Gasteiger partial charge in [0.05, 0.1) is 0 Å². The second kappa shape index (κ2) is 7.55. The predicted molar refractivity (Wildman–Crippen MR) is 92.9 cm³/mol. The Labute approximate surface area is 141 Å². The number of carbonyl (C=O) groups is 1. The highest BCUT2D eigenvalue weighted by atomic mass is 19.1. The van der Waals surface area contributed by atoms with Gasteiger partial charge in [-0.25, -0.2) is 4.39 Å². The molecule has 3 heteroatoms. The molecule has 0 saturated heterocycles. The first-order valence-electron chi connectivity index (χ1n) is 7.85. The Bertz CT molecular complexity index is 744. The molecule has 0 unspecified atom stereocenters. The van der Waals surface area contributed by atoms with Crippen LogP contribution in [0.4, 0.5) is 4.39 Å². The number of rotatable bonds is 5. The zero-order valence-corrected chi connectivity index (χ0v) is 13.2. The third-order valence-corrected chi connectivity index (χ3v) is 3.81. The van der Waals surface area contributed by atoms with Gasteiger partial charge >= 0.3 is 0 Å². The monoisotopic (exact) mass is 319 g/mol. The van der Waals surface area contributed by atoms with Crippen LogP contribution in [0.2, 0.25) is 0 Å². The summed E-state index contributed by atoms with van der Waals surface area (Å²) < 4.78 is 13.1. The summed E-state index contributed by atoms with van der Waals surface area (Å²) in [5, 5.41) is 0. The zero-order valence-electron chi connectivity index (χ0n) is 13.2. The van der Waals surface area contributed by atoms with Crippen molar-refractivity contribution in [2.75, 3.05) is 0 Å². The predicted octanol–water partition coefficient (Wildman–Crippen LogP) is 4.67. The normalized spacial score (nSPS) is 10.4. The third kappa shape index (κ3) is 4.07. The average Bonchev–Trinajstić information content (AvgIpc) is 2.63. The number of hydrogen-bond acceptors (Lipinski definition) is 1. The molecule has 0 spiro atoms. The number of nitrogens with zero attached hydrogens (tertiary/aromatic N) is 1. The largest absolute Gasteiger partial charge is 0.330 e. The minimum Gasteiger partial charge on any atom is -0.330 e. The van der Waals surface area contributed by atoms with Crippen molar-refractivity contribution in [1.29, 1.82) is 0 Å². The summed E-state index contributed by atoms with van der Waals surface area (Å²) in [5.74, 6) is -0.452. The van der Waals surface area contributed by atoms with Crippen LogP contribution in [0.1, 0.15) is 21.5 Å². The fraction of sp³-hybridized carbons (Fsp3) is 0.0952. The Balaban J connectivity index is 1.85. The summed E-state index contributed by atoms with van der Waals surface area (Å²) >= 11 is 0. The van der Waals surface area contributed by atoms with Crippen LogP contribution >= 0.6 is 0 Å². The molecule has 0 fully saturated rings. The Morgan fingerprint density at radius 1 is 0.708 bits per heavy atom. The van der Waals surface area contributed by atoms with E-state index in [1.54, 1.807) is 4.90 Å². The SMILES string of the molecule is O=C(c1ccc(F)cc1)N(Cc1ccccc1)Cc1ccccc1. The minimum absolute atomic E-state index is 0.109. The topological polar surface area (TPSA) is 20.3 Å². The molecule has 0 aliphatic rings. The maximum Gasteiger partial charge on any atom is 0.254 e. The van der Waals surface area contributed by atoms with Gasteiger partial charge in [-0.1, -0.05) is 60.7 Å². The number of halogens is 1. The standard InChI is InChI=1S/C21H18FNO/c22-20-13-11-19(12-14-20)21(24)23(15-17-7-3-1-4-8-17)16-18-9-5-2-6-10-18/h1-14H,15-16H2. The van der Waals surface area contributed by atoms with Gasteiger partial charge in [-0.2, -0.15) is 0 Å². The van der Waals surface area contributed by atoms with Crippen molar-refractivity contribution in [2.45, 2.75) is 13.1 Å². The summed E-state index contributed by atoms with van der Waals surface area (Å²) in [4.78, 5) is 14.6. The van der Waals surface area contributed by atoms with E-state index >= 15 is 0 Å². The first-order chi connectivity index (χ1) is 11.7. The highest BCUT2D eigenvalue weighted by Gasteiger charge is 2.16. The van der Waals surface area contributed by atoms with Gasteiger partial charge in [0.1, 0.15) is 5.82 Å². The van der Waals surface area contributed by atoms with Crippen molar-refractivity contribution in [3.63, 3.8) is 0 Å². The molecule has 0 aliphatic heterocycles. The molecule has 0 saturated carbocycles. The van der Waals surface area contributed by atoms with Crippen LogP contribution in [0.3, 0.4) is 0 Å². The number of carbonyl (C=O) groups excluding carboxylic acids is 1. The van der Waals surface area contributed by atoms with Gasteiger partial charge in [-0.3, -0.25) is 4.79 Å². The maximum absolute atomic E-state index is 13.1. The van der Waals surface area contributed by atoms with E-state index in [2.05, 4.69) is 0 Å². The molecule has 1 amide bonds. The molecule has 0 aromatic heterocycles. The first-order valence-corrected chi connectivity index (χ1v) is 7.85. The molecular formula is C21H18FNO. The van der Waals surface area contributed by atoms with E-state index < -0.39 is 0 Å². The van der Waals surface area contributed by atoms with Crippen LogP contribution < -0.4 is 0 Å². The van der Waals surface area contributed by atoms with Gasteiger partial charge in [0.25, 0.3) is 5.91 Å². The minimum atomic E-state index is -0.343. The van der Waals surface area contributed by atoms with Gasteiger partial charge in [0.15, 0.2) is 0 Å². The summed E-state index contributed by atoms with van der Waals surface area (Å²) in [6.07, 6.45) is 0. The van der Waals surface area contributed by atoms with Crippen LogP contribution in [0, 0.1) is 5.82 Å². The fourth-order valence-corrected chi connectivity index (χ4v) is 2.58. The molecule has 0 aliphatic carbocycles. The molecule has 0 N–H and O–H groups in total. The second-order valence-electron chi connectivity index (χ2n) is 5.64. The van der Waals surface area contributed by atoms with Gasteiger partial charge in [0, 0.05) is 18.7 Å². The van der Waals surface area contributed by atoms with Crippen molar-refractivity contribution in [1.82, 2.24) is 4.90 Å². The molecule has 0 bridgehead atoms. The number of hydrogen-bond donors (Lipinski definition) is 0. The molecule has 3 rings (SSSR count). The number of amides is 1. The molecule has 3 aromatic rings. The van der Waals surface area contributed by atoms with Gasteiger partial charge < -0.3 is 4.90 Å². The average molecular weight is 319 g/mol. The van der Waals surface area contributed by atoms with E-state index in [1.807, 2.05) is 60.7 Å². The van der Waals surface area contributed by atoms with E-state index in [9.17, 15) is 9.18 Å². The van der Waals surface area contributed by atoms with E-state index in [0.29, 0.717) is 18.7 Å². The van der Waals surface area contributed by atoms with Crippen LogP contribution in [-0.4, -0.2) is 10.8 Å². The second-order valence-corrected chi connectivity index (χ2v) is 5.64. The lowest BCUT2D eigenvalue weighted by Gasteiger charge is -2.23. The summed E-state index contributed by atoms with van der Waals surface area (Å²) in [6, 6.07) is 25.4. The van der Waals surface area contributed by atoms with Crippen molar-refractivity contribution in [3.8, 4) is 0 Å². The van der Waals surface area contributed by atoms with Crippen molar-refractivity contribution in [3.05, 3.63) is 107 Å². The van der Waals surface area contributed by atoms with Crippen molar-refractivity contribution < 1.29 is 9.18 Å². The van der Waals surface area contributed by atoms with Crippen molar-refractivity contribution in [2.24, 2.45) is 0 Å². The van der Waals surface area contributed by atoms with Crippen molar-refractivity contribution >= 4 is 5.91 Å². The molecule has 2 nitrogen and oxygen atoms in total. The summed E-state index contributed by atoms with van der Waals surface area (Å²) in [6.45, 7) is 1.01. The highest BCUT2D eigenvalue weighted by Crippen LogP contribution is 2.14. The van der Waals surface area contributed by atoms with Gasteiger partial charge in [-0.05, 0) is 35.4 Å². The Morgan fingerprint density at radius 3 is 1.62 bits per heavy atom. The lowest BCUT2D eigenvalue weighted by atomic mass is 10.1. The zero-order chi connectivity index (χ0) is 16.8. The molecule has 3 aromatic carbocycles. The summed E-state index contributed by atoms with van der Waals surface area (Å²) in [7, 11) is 0. The van der Waals surface area contributed by atoms with Crippen LogP contribution in [0.5, 0.6) is 0 Å². The molecule has 24 heavy (non-hydrogen) atoms. The highest BCUT2D eigenvalue weighted by molar-refractivity contribution is 5.94. The number of benzene rings is 3. The van der Waals surface area contributed by atoms with E-state index in [0.717, 1.165) is 11.1 Å². The van der Waals surface area contributed by atoms with E-state index in [-0.39, 0.29) is 11.7 Å². The maximum atomic E-state index is 13.1. The van der Waals surface area contributed by atoms with Gasteiger partial charge in [-0.15, -0.1) is 0 Å². The van der Waals surface area contributed by atoms with Crippen LogP contribution in [-0.2, 0) is 13.1 Å². The third-order valence-electron chi connectivity index (χ3n) is 3.81. The van der Waals surface area contributed by atoms with E-state index in [4.69, 9.17) is 0 Å². The lowest BCUT2D eigenvalue weighted by molar-refractivity contribution is 0.0730. The Kier molecular flexibility index (Phi) is 5.02. The van der Waals surface area contributed by atoms with Gasteiger partial charge in [0.2, 0.25) is 0 Å². The molecule has 0 heterocycles. The summed E-state index contributed by atoms with van der Waals surface area (Å²) in [5.41, 5.74) is 2.61. The smallest absolute Gasteiger partial charge is 0.254 e. The molecule has 0 radical (unpaired) electrons. The molecular weight excluding hydrogens is 301 g/mol. The molecule has 0 atom stereocenters. The molecule has 120 valence electrons. The first kappa shape index (κ1) is 15.9. The van der Waals surface area contributed by atoms with Crippen LogP contribution in [0.25, 0.3) is 0 Å². The fourth-order valence-electron chi connectivity index (χ4n) is 2.58.